The van der Waals surface area contributed by atoms with Gasteiger partial charge in [0, 0.05) is 6.04 Å². The number of hydrogen-bond donors (Lipinski definition) is 2. The Kier molecular flexibility index (Phi) is 6.27. The molecule has 2 N–H and O–H groups in total. The average molecular weight is 242 g/mol. The minimum absolute atomic E-state index is 0.452. The Balaban J connectivity index is 1.42. The van der Waals surface area contributed by atoms with Gasteiger partial charge < -0.3 is 20.1 Å². The van der Waals surface area contributed by atoms with E-state index in [0.29, 0.717) is 12.1 Å². The molecule has 0 aromatic heterocycles. The summed E-state index contributed by atoms with van der Waals surface area (Å²) < 4.78 is 11.4. The van der Waals surface area contributed by atoms with Crippen molar-refractivity contribution in [2.75, 3.05) is 39.5 Å². The van der Waals surface area contributed by atoms with Crippen molar-refractivity contribution >= 4 is 0 Å². The molecule has 0 saturated carbocycles. The largest absolute Gasteiger partial charge is 0.377 e. The highest BCUT2D eigenvalue weighted by molar-refractivity contribution is 4.71. The molecule has 1 unspecified atom stereocenters. The van der Waals surface area contributed by atoms with Crippen LogP contribution in [0.5, 0.6) is 0 Å². The van der Waals surface area contributed by atoms with E-state index in [1.807, 2.05) is 0 Å². The zero-order valence-electron chi connectivity index (χ0n) is 10.7. The monoisotopic (exact) mass is 242 g/mol. The molecule has 2 saturated heterocycles. The minimum Gasteiger partial charge on any atom is -0.377 e. The molecule has 2 aliphatic heterocycles. The van der Waals surface area contributed by atoms with Crippen LogP contribution < -0.4 is 10.6 Å². The van der Waals surface area contributed by atoms with Crippen LogP contribution in [-0.2, 0) is 9.47 Å². The first kappa shape index (κ1) is 13.3. The molecule has 2 aliphatic rings. The van der Waals surface area contributed by atoms with Gasteiger partial charge in [-0.25, -0.2) is 0 Å². The fourth-order valence-corrected chi connectivity index (χ4v) is 2.53. The van der Waals surface area contributed by atoms with Gasteiger partial charge in [-0.15, -0.1) is 0 Å². The summed E-state index contributed by atoms with van der Waals surface area (Å²) in [5, 5.41) is 6.83. The van der Waals surface area contributed by atoms with Crippen LogP contribution in [0.25, 0.3) is 0 Å². The SMILES string of the molecule is C1CCC(COCCOC2CCNCC2)NC1. The van der Waals surface area contributed by atoms with E-state index in [-0.39, 0.29) is 0 Å². The van der Waals surface area contributed by atoms with Gasteiger partial charge in [0.05, 0.1) is 25.9 Å². The lowest BCUT2D eigenvalue weighted by Gasteiger charge is -2.24. The third-order valence-corrected chi connectivity index (χ3v) is 3.60. The van der Waals surface area contributed by atoms with Crippen LogP contribution in [0.15, 0.2) is 0 Å². The molecule has 4 heteroatoms. The van der Waals surface area contributed by atoms with Crippen molar-refractivity contribution in [3.63, 3.8) is 0 Å². The molecule has 0 amide bonds. The van der Waals surface area contributed by atoms with Crippen LogP contribution in [0.4, 0.5) is 0 Å². The van der Waals surface area contributed by atoms with Crippen LogP contribution in [0.1, 0.15) is 32.1 Å². The van der Waals surface area contributed by atoms with Gasteiger partial charge in [0.1, 0.15) is 0 Å². The normalized spacial score (nSPS) is 27.2. The second kappa shape index (κ2) is 8.03. The lowest BCUT2D eigenvalue weighted by atomic mass is 10.1. The average Bonchev–Trinajstić information content (AvgIpc) is 2.41. The number of hydrogen-bond acceptors (Lipinski definition) is 4. The van der Waals surface area contributed by atoms with Crippen molar-refractivity contribution in [3.8, 4) is 0 Å². The van der Waals surface area contributed by atoms with Gasteiger partial charge in [0.25, 0.3) is 0 Å². The quantitative estimate of drug-likeness (QED) is 0.680. The van der Waals surface area contributed by atoms with Crippen LogP contribution in [0, 0.1) is 0 Å². The highest BCUT2D eigenvalue weighted by atomic mass is 16.5. The molecule has 17 heavy (non-hydrogen) atoms. The highest BCUT2D eigenvalue weighted by Crippen LogP contribution is 2.08. The van der Waals surface area contributed by atoms with Crippen LogP contribution in [0.3, 0.4) is 0 Å². The number of piperidine rings is 2. The molecular weight excluding hydrogens is 216 g/mol. The van der Waals surface area contributed by atoms with E-state index >= 15 is 0 Å². The van der Waals surface area contributed by atoms with Gasteiger partial charge >= 0.3 is 0 Å². The Morgan fingerprint density at radius 1 is 0.941 bits per heavy atom. The lowest BCUT2D eigenvalue weighted by molar-refractivity contribution is -0.0118. The van der Waals surface area contributed by atoms with Crippen molar-refractivity contribution in [1.82, 2.24) is 10.6 Å². The summed E-state index contributed by atoms with van der Waals surface area (Å²) >= 11 is 0. The van der Waals surface area contributed by atoms with Crippen molar-refractivity contribution in [1.29, 1.82) is 0 Å². The summed E-state index contributed by atoms with van der Waals surface area (Å²) in [6.07, 6.45) is 6.65. The first-order valence-electron chi connectivity index (χ1n) is 7.08. The standard InChI is InChI=1S/C13H26N2O2/c1-2-6-15-12(3-1)11-16-9-10-17-13-4-7-14-8-5-13/h12-15H,1-11H2. The molecule has 2 rings (SSSR count). The van der Waals surface area contributed by atoms with Gasteiger partial charge in [-0.1, -0.05) is 6.42 Å². The minimum atomic E-state index is 0.452. The van der Waals surface area contributed by atoms with E-state index in [1.54, 1.807) is 0 Å². The van der Waals surface area contributed by atoms with E-state index < -0.39 is 0 Å². The summed E-state index contributed by atoms with van der Waals surface area (Å²) in [6.45, 7) is 5.67. The number of rotatable bonds is 6. The van der Waals surface area contributed by atoms with E-state index in [0.717, 1.165) is 52.3 Å². The molecule has 1 atom stereocenters. The Bertz CT molecular complexity index is 170. The van der Waals surface area contributed by atoms with Crippen molar-refractivity contribution < 1.29 is 9.47 Å². The maximum Gasteiger partial charge on any atom is 0.0704 e. The summed E-state index contributed by atoms with van der Waals surface area (Å²) in [5.41, 5.74) is 0. The topological polar surface area (TPSA) is 42.5 Å². The van der Waals surface area contributed by atoms with Gasteiger partial charge in [0.2, 0.25) is 0 Å². The molecule has 0 aliphatic carbocycles. The predicted octanol–water partition coefficient (Wildman–Crippen LogP) is 0.914. The third kappa shape index (κ3) is 5.34. The van der Waals surface area contributed by atoms with Crippen LogP contribution >= 0.6 is 0 Å². The summed E-state index contributed by atoms with van der Waals surface area (Å²) in [4.78, 5) is 0. The predicted molar refractivity (Wildman–Crippen MR) is 68.3 cm³/mol. The Hall–Kier alpha value is -0.160. The molecular formula is C13H26N2O2. The fourth-order valence-electron chi connectivity index (χ4n) is 2.53. The Morgan fingerprint density at radius 2 is 1.82 bits per heavy atom. The van der Waals surface area contributed by atoms with Crippen molar-refractivity contribution in [2.45, 2.75) is 44.2 Å². The zero-order chi connectivity index (χ0) is 11.8. The van der Waals surface area contributed by atoms with Gasteiger partial charge in [-0.3, -0.25) is 0 Å². The first-order chi connectivity index (χ1) is 8.45. The molecule has 4 nitrogen and oxygen atoms in total. The molecule has 2 heterocycles. The van der Waals surface area contributed by atoms with E-state index in [4.69, 9.17) is 9.47 Å². The third-order valence-electron chi connectivity index (χ3n) is 3.60. The molecule has 2 fully saturated rings. The lowest BCUT2D eigenvalue weighted by Crippen LogP contribution is -2.38. The van der Waals surface area contributed by atoms with Crippen molar-refractivity contribution in [3.05, 3.63) is 0 Å². The molecule has 0 radical (unpaired) electrons. The molecule has 0 bridgehead atoms. The highest BCUT2D eigenvalue weighted by Gasteiger charge is 2.14. The van der Waals surface area contributed by atoms with E-state index in [2.05, 4.69) is 10.6 Å². The van der Waals surface area contributed by atoms with Crippen LogP contribution in [0.2, 0.25) is 0 Å². The summed E-state index contributed by atoms with van der Waals surface area (Å²) in [7, 11) is 0. The Morgan fingerprint density at radius 3 is 2.59 bits per heavy atom. The zero-order valence-corrected chi connectivity index (χ0v) is 10.7. The van der Waals surface area contributed by atoms with E-state index in [9.17, 15) is 0 Å². The van der Waals surface area contributed by atoms with E-state index in [1.165, 1.54) is 19.3 Å². The van der Waals surface area contributed by atoms with Gasteiger partial charge in [-0.2, -0.15) is 0 Å². The maximum absolute atomic E-state index is 5.79. The maximum atomic E-state index is 5.79. The number of nitrogens with one attached hydrogen (secondary N) is 2. The first-order valence-corrected chi connectivity index (χ1v) is 7.08. The molecule has 0 aromatic carbocycles. The fraction of sp³-hybridized carbons (Fsp3) is 1.00. The molecule has 0 spiro atoms. The summed E-state index contributed by atoms with van der Waals surface area (Å²) in [5.74, 6) is 0. The van der Waals surface area contributed by atoms with Gasteiger partial charge in [-0.05, 0) is 45.3 Å². The Labute approximate surface area is 104 Å². The summed E-state index contributed by atoms with van der Waals surface area (Å²) in [6, 6.07) is 0.572. The van der Waals surface area contributed by atoms with Crippen LogP contribution in [-0.4, -0.2) is 51.6 Å². The van der Waals surface area contributed by atoms with Gasteiger partial charge in [0.15, 0.2) is 0 Å². The smallest absolute Gasteiger partial charge is 0.0704 e. The molecule has 100 valence electrons. The second-order valence-corrected chi connectivity index (χ2v) is 5.04. The molecule has 0 aromatic rings. The van der Waals surface area contributed by atoms with Crippen molar-refractivity contribution in [2.24, 2.45) is 0 Å². The second-order valence-electron chi connectivity index (χ2n) is 5.04. The number of ether oxygens (including phenoxy) is 2.